The van der Waals surface area contributed by atoms with E-state index >= 15 is 0 Å². The maximum atomic E-state index is 11.5. The Morgan fingerprint density at radius 1 is 1.18 bits per heavy atom. The van der Waals surface area contributed by atoms with E-state index in [0.717, 1.165) is 28.1 Å². The predicted molar refractivity (Wildman–Crippen MR) is 84.5 cm³/mol. The fraction of sp³-hybridized carbons (Fsp3) is 0.0625. The first-order valence-corrected chi connectivity index (χ1v) is 7.36. The lowest BCUT2D eigenvalue weighted by molar-refractivity contribution is -0.131. The lowest BCUT2D eigenvalue weighted by atomic mass is 10.0. The predicted octanol–water partition coefficient (Wildman–Crippen LogP) is 3.75. The van der Waals surface area contributed by atoms with Gasteiger partial charge in [-0.1, -0.05) is 42.5 Å². The molecule has 0 spiro atoms. The van der Waals surface area contributed by atoms with Crippen LogP contribution in [-0.2, 0) is 4.79 Å². The highest BCUT2D eigenvalue weighted by atomic mass is 32.2. The molecular formula is C16H12N2O3S. The molecule has 0 saturated heterocycles. The lowest BCUT2D eigenvalue weighted by Crippen LogP contribution is -1.97. The second kappa shape index (κ2) is 6.03. The van der Waals surface area contributed by atoms with Gasteiger partial charge in [0.15, 0.2) is 0 Å². The number of thioether (sulfide) groups is 1. The Kier molecular flexibility index (Phi) is 3.93. The Bertz CT molecular complexity index is 865. The smallest absolute Gasteiger partial charge is 0.342 e. The molecule has 0 saturated carbocycles. The van der Waals surface area contributed by atoms with Crippen molar-refractivity contribution in [1.82, 2.24) is 10.2 Å². The molecule has 0 unspecified atom stereocenters. The Morgan fingerprint density at radius 3 is 2.68 bits per heavy atom. The van der Waals surface area contributed by atoms with Gasteiger partial charge < -0.3 is 9.52 Å². The van der Waals surface area contributed by atoms with Crippen LogP contribution in [0.5, 0.6) is 0 Å². The molecule has 0 aliphatic rings. The van der Waals surface area contributed by atoms with Crippen molar-refractivity contribution in [2.45, 2.75) is 12.1 Å². The number of carboxylic acid groups (broad SMARTS) is 1. The van der Waals surface area contributed by atoms with Crippen molar-refractivity contribution in [2.75, 3.05) is 0 Å². The van der Waals surface area contributed by atoms with E-state index in [4.69, 9.17) is 4.42 Å². The summed E-state index contributed by atoms with van der Waals surface area (Å²) in [7, 11) is 0. The molecule has 0 fully saturated rings. The van der Waals surface area contributed by atoms with E-state index in [2.05, 4.69) is 10.2 Å². The number of aryl methyl sites for hydroxylation is 1. The highest BCUT2D eigenvalue weighted by Gasteiger charge is 2.14. The minimum Gasteiger partial charge on any atom is -0.477 e. The molecule has 0 aliphatic heterocycles. The number of rotatable bonds is 4. The molecule has 0 radical (unpaired) electrons. The maximum Gasteiger partial charge on any atom is 0.342 e. The molecule has 1 heterocycles. The normalized spacial score (nSPS) is 11.8. The number of carboxylic acids is 1. The van der Waals surface area contributed by atoms with Crippen molar-refractivity contribution in [1.29, 1.82) is 0 Å². The van der Waals surface area contributed by atoms with E-state index in [-0.39, 0.29) is 10.1 Å². The van der Waals surface area contributed by atoms with Gasteiger partial charge >= 0.3 is 5.97 Å². The van der Waals surface area contributed by atoms with Crippen LogP contribution in [0.2, 0.25) is 0 Å². The molecule has 0 bridgehead atoms. The summed E-state index contributed by atoms with van der Waals surface area (Å²) >= 11 is 0.942. The standard InChI is InChI=1S/C16H12N2O3S/c1-10-17-18-16(21-10)22-14(15(19)20)9-12-7-4-6-11-5-2-3-8-13(11)12/h2-9H,1H3,(H,19,20)/b14-9-. The molecule has 2 aromatic carbocycles. The van der Waals surface area contributed by atoms with Gasteiger partial charge in [-0.2, -0.15) is 0 Å². The van der Waals surface area contributed by atoms with Gasteiger partial charge in [0.25, 0.3) is 5.22 Å². The Hall–Kier alpha value is -2.60. The SMILES string of the molecule is Cc1nnc(S/C(=C\c2cccc3ccccc23)C(=O)O)o1. The summed E-state index contributed by atoms with van der Waals surface area (Å²) in [5.74, 6) is -0.633. The molecule has 0 aliphatic carbocycles. The molecule has 1 aromatic heterocycles. The third kappa shape index (κ3) is 3.01. The van der Waals surface area contributed by atoms with Crippen LogP contribution < -0.4 is 0 Å². The van der Waals surface area contributed by atoms with Crippen molar-refractivity contribution >= 4 is 34.6 Å². The Balaban J connectivity index is 2.03. The fourth-order valence-corrected chi connectivity index (χ4v) is 2.77. The number of hydrogen-bond acceptors (Lipinski definition) is 5. The number of fused-ring (bicyclic) bond motifs is 1. The molecule has 5 nitrogen and oxygen atoms in total. The molecular weight excluding hydrogens is 300 g/mol. The van der Waals surface area contributed by atoms with Crippen LogP contribution in [0.3, 0.4) is 0 Å². The highest BCUT2D eigenvalue weighted by molar-refractivity contribution is 8.03. The topological polar surface area (TPSA) is 76.2 Å². The van der Waals surface area contributed by atoms with Gasteiger partial charge in [0, 0.05) is 6.92 Å². The number of nitrogens with zero attached hydrogens (tertiary/aromatic N) is 2. The molecule has 3 rings (SSSR count). The van der Waals surface area contributed by atoms with Crippen molar-refractivity contribution in [3.05, 3.63) is 58.8 Å². The Labute approximate surface area is 130 Å². The first kappa shape index (κ1) is 14.3. The summed E-state index contributed by atoms with van der Waals surface area (Å²) in [5, 5.41) is 19.2. The lowest BCUT2D eigenvalue weighted by Gasteiger charge is -2.03. The maximum absolute atomic E-state index is 11.5. The molecule has 6 heteroatoms. The Morgan fingerprint density at radius 2 is 1.95 bits per heavy atom. The average Bonchev–Trinajstić information content (AvgIpc) is 2.92. The number of benzene rings is 2. The summed E-state index contributed by atoms with van der Waals surface area (Å²) in [6.07, 6.45) is 1.62. The summed E-state index contributed by atoms with van der Waals surface area (Å²) in [5.41, 5.74) is 0.833. The van der Waals surface area contributed by atoms with Crippen LogP contribution in [0.4, 0.5) is 0 Å². The highest BCUT2D eigenvalue weighted by Crippen LogP contribution is 2.29. The first-order chi connectivity index (χ1) is 10.6. The molecule has 1 N–H and O–H groups in total. The second-order valence-electron chi connectivity index (χ2n) is 4.57. The summed E-state index contributed by atoms with van der Waals surface area (Å²) in [6, 6.07) is 13.6. The van der Waals surface area contributed by atoms with Gasteiger partial charge in [0.2, 0.25) is 5.89 Å². The van der Waals surface area contributed by atoms with Crippen LogP contribution in [-0.4, -0.2) is 21.3 Å². The molecule has 0 atom stereocenters. The van der Waals surface area contributed by atoms with E-state index < -0.39 is 5.97 Å². The van der Waals surface area contributed by atoms with Crippen molar-refractivity contribution < 1.29 is 14.3 Å². The van der Waals surface area contributed by atoms with E-state index in [0.29, 0.717) is 5.89 Å². The zero-order chi connectivity index (χ0) is 15.5. The van der Waals surface area contributed by atoms with Crippen LogP contribution in [0.25, 0.3) is 16.8 Å². The minimum absolute atomic E-state index is 0.125. The van der Waals surface area contributed by atoms with Gasteiger partial charge in [-0.15, -0.1) is 10.2 Å². The number of aliphatic carboxylic acids is 1. The molecule has 110 valence electrons. The number of aromatic nitrogens is 2. The summed E-state index contributed by atoms with van der Waals surface area (Å²) in [4.78, 5) is 11.6. The zero-order valence-corrected chi connectivity index (χ0v) is 12.5. The van der Waals surface area contributed by atoms with Gasteiger partial charge in [0.1, 0.15) is 4.91 Å². The van der Waals surface area contributed by atoms with Crippen LogP contribution >= 0.6 is 11.8 Å². The average molecular weight is 312 g/mol. The number of carbonyl (C=O) groups is 1. The van der Waals surface area contributed by atoms with Gasteiger partial charge in [-0.3, -0.25) is 0 Å². The van der Waals surface area contributed by atoms with Crippen LogP contribution in [0.15, 0.2) is 57.0 Å². The first-order valence-electron chi connectivity index (χ1n) is 6.54. The summed E-state index contributed by atoms with van der Waals surface area (Å²) < 4.78 is 5.23. The molecule has 22 heavy (non-hydrogen) atoms. The summed E-state index contributed by atoms with van der Waals surface area (Å²) in [6.45, 7) is 1.66. The quantitative estimate of drug-likeness (QED) is 0.584. The van der Waals surface area contributed by atoms with E-state index in [1.165, 1.54) is 0 Å². The van der Waals surface area contributed by atoms with Crippen molar-refractivity contribution in [3.8, 4) is 0 Å². The third-order valence-corrected chi connectivity index (χ3v) is 3.88. The monoisotopic (exact) mass is 312 g/mol. The largest absolute Gasteiger partial charge is 0.477 e. The van der Waals surface area contributed by atoms with Crippen molar-refractivity contribution in [2.24, 2.45) is 0 Å². The zero-order valence-electron chi connectivity index (χ0n) is 11.7. The second-order valence-corrected chi connectivity index (χ2v) is 5.56. The van der Waals surface area contributed by atoms with E-state index in [9.17, 15) is 9.90 Å². The van der Waals surface area contributed by atoms with Gasteiger partial charge in [0.05, 0.1) is 0 Å². The fourth-order valence-electron chi connectivity index (χ4n) is 2.07. The van der Waals surface area contributed by atoms with Crippen LogP contribution in [0, 0.1) is 6.92 Å². The van der Waals surface area contributed by atoms with Crippen LogP contribution in [0.1, 0.15) is 11.5 Å². The molecule has 0 amide bonds. The van der Waals surface area contributed by atoms with E-state index in [1.807, 2.05) is 42.5 Å². The molecule has 3 aromatic rings. The van der Waals surface area contributed by atoms with Crippen molar-refractivity contribution in [3.63, 3.8) is 0 Å². The van der Waals surface area contributed by atoms with Gasteiger partial charge in [-0.05, 0) is 34.2 Å². The minimum atomic E-state index is -1.03. The van der Waals surface area contributed by atoms with E-state index in [1.54, 1.807) is 13.0 Å². The van der Waals surface area contributed by atoms with Gasteiger partial charge in [-0.25, -0.2) is 4.79 Å². The third-order valence-electron chi connectivity index (χ3n) is 3.03. The number of hydrogen-bond donors (Lipinski definition) is 1.